The Kier molecular flexibility index (Phi) is 5.51. The van der Waals surface area contributed by atoms with Gasteiger partial charge in [0, 0.05) is 16.0 Å². The first-order valence-electron chi connectivity index (χ1n) is 5.34. The van der Waals surface area contributed by atoms with E-state index in [1.807, 2.05) is 23.9 Å². The van der Waals surface area contributed by atoms with E-state index in [-0.39, 0.29) is 6.04 Å². The molecule has 0 aliphatic carbocycles. The van der Waals surface area contributed by atoms with Crippen LogP contribution in [0.4, 0.5) is 0 Å². The van der Waals surface area contributed by atoms with Crippen LogP contribution >= 0.6 is 23.4 Å². The van der Waals surface area contributed by atoms with E-state index in [9.17, 15) is 0 Å². The summed E-state index contributed by atoms with van der Waals surface area (Å²) in [4.78, 5) is 1.27. The summed E-state index contributed by atoms with van der Waals surface area (Å²) in [5, 5.41) is 0.845. The molecule has 2 N–H and O–H groups in total. The predicted octanol–water partition coefficient (Wildman–Crippen LogP) is 3.73. The minimum Gasteiger partial charge on any atom is -0.327 e. The van der Waals surface area contributed by atoms with Crippen LogP contribution in [-0.2, 0) is 6.42 Å². The summed E-state index contributed by atoms with van der Waals surface area (Å²) >= 11 is 8.03. The van der Waals surface area contributed by atoms with E-state index >= 15 is 0 Å². The van der Waals surface area contributed by atoms with Gasteiger partial charge in [-0.15, -0.1) is 11.8 Å². The first-order chi connectivity index (χ1) is 7.19. The second-order valence-electron chi connectivity index (χ2n) is 3.52. The molecule has 1 rings (SSSR count). The molecule has 1 atom stereocenters. The van der Waals surface area contributed by atoms with Crippen LogP contribution < -0.4 is 5.73 Å². The lowest BCUT2D eigenvalue weighted by Crippen LogP contribution is -2.21. The van der Waals surface area contributed by atoms with Crippen molar-refractivity contribution >= 4 is 23.4 Å². The molecule has 0 radical (unpaired) electrons. The fourth-order valence-corrected chi connectivity index (χ4v) is 2.60. The molecule has 0 aromatic heterocycles. The van der Waals surface area contributed by atoms with Gasteiger partial charge in [0.05, 0.1) is 0 Å². The van der Waals surface area contributed by atoms with Crippen molar-refractivity contribution < 1.29 is 0 Å². The maximum Gasteiger partial charge on any atom is 0.0449 e. The van der Waals surface area contributed by atoms with Gasteiger partial charge in [-0.3, -0.25) is 0 Å². The molecule has 0 aliphatic heterocycles. The third-order valence-electron chi connectivity index (χ3n) is 2.37. The molecule has 1 unspecified atom stereocenters. The van der Waals surface area contributed by atoms with E-state index in [1.54, 1.807) is 0 Å². The van der Waals surface area contributed by atoms with Gasteiger partial charge in [-0.1, -0.05) is 31.5 Å². The van der Waals surface area contributed by atoms with E-state index in [0.717, 1.165) is 23.6 Å². The van der Waals surface area contributed by atoms with Gasteiger partial charge in [0.2, 0.25) is 0 Å². The average Bonchev–Trinajstić information content (AvgIpc) is 2.23. The minimum atomic E-state index is 0.209. The normalized spacial score (nSPS) is 12.8. The van der Waals surface area contributed by atoms with E-state index < -0.39 is 0 Å². The van der Waals surface area contributed by atoms with Gasteiger partial charge in [-0.05, 0) is 36.3 Å². The Hall–Kier alpha value is -0.180. The number of rotatable bonds is 5. The monoisotopic (exact) mass is 243 g/mol. The second kappa shape index (κ2) is 6.41. The van der Waals surface area contributed by atoms with Crippen molar-refractivity contribution in [2.24, 2.45) is 5.73 Å². The number of halogens is 1. The van der Waals surface area contributed by atoms with Gasteiger partial charge >= 0.3 is 0 Å². The van der Waals surface area contributed by atoms with Crippen LogP contribution in [-0.4, -0.2) is 11.8 Å². The van der Waals surface area contributed by atoms with Crippen LogP contribution in [0, 0.1) is 0 Å². The Balaban J connectivity index is 2.91. The fraction of sp³-hybridized carbons (Fsp3) is 0.500. The number of nitrogens with two attached hydrogens (primary N) is 1. The molecule has 0 amide bonds. The average molecular weight is 244 g/mol. The van der Waals surface area contributed by atoms with Gasteiger partial charge in [-0.25, -0.2) is 0 Å². The first-order valence-corrected chi connectivity index (χ1v) is 6.71. The molecule has 0 heterocycles. The number of thioether (sulfide) groups is 1. The molecule has 0 saturated carbocycles. The molecular formula is C12H18ClNS. The fourth-order valence-electron chi connectivity index (χ4n) is 1.43. The summed E-state index contributed by atoms with van der Waals surface area (Å²) in [6, 6.07) is 6.28. The standard InChI is InChI=1S/C12H18ClNS/c1-3-9(14)8-10-11(13)6-5-7-12(10)15-4-2/h5-7,9H,3-4,8,14H2,1-2H3. The quantitative estimate of drug-likeness (QED) is 0.798. The van der Waals surface area contributed by atoms with Gasteiger partial charge in [0.25, 0.3) is 0 Å². The van der Waals surface area contributed by atoms with Gasteiger partial charge < -0.3 is 5.73 Å². The van der Waals surface area contributed by atoms with Crippen LogP contribution in [0.1, 0.15) is 25.8 Å². The molecule has 84 valence electrons. The van der Waals surface area contributed by atoms with Crippen molar-refractivity contribution in [3.63, 3.8) is 0 Å². The Morgan fingerprint density at radius 3 is 2.73 bits per heavy atom. The molecule has 0 spiro atoms. The molecule has 1 aromatic carbocycles. The van der Waals surface area contributed by atoms with E-state index in [4.69, 9.17) is 17.3 Å². The highest BCUT2D eigenvalue weighted by Crippen LogP contribution is 2.29. The zero-order valence-electron chi connectivity index (χ0n) is 9.29. The highest BCUT2D eigenvalue weighted by Gasteiger charge is 2.10. The second-order valence-corrected chi connectivity index (χ2v) is 5.24. The highest BCUT2D eigenvalue weighted by atomic mass is 35.5. The molecule has 0 fully saturated rings. The zero-order chi connectivity index (χ0) is 11.3. The summed E-state index contributed by atoms with van der Waals surface area (Å²) in [6.45, 7) is 4.25. The lowest BCUT2D eigenvalue weighted by molar-refractivity contribution is 0.641. The van der Waals surface area contributed by atoms with Crippen LogP contribution in [0.15, 0.2) is 23.1 Å². The molecule has 15 heavy (non-hydrogen) atoms. The molecular weight excluding hydrogens is 226 g/mol. The van der Waals surface area contributed by atoms with Crippen molar-refractivity contribution in [3.05, 3.63) is 28.8 Å². The lowest BCUT2D eigenvalue weighted by atomic mass is 10.0. The topological polar surface area (TPSA) is 26.0 Å². The van der Waals surface area contributed by atoms with E-state index in [2.05, 4.69) is 19.9 Å². The van der Waals surface area contributed by atoms with Crippen molar-refractivity contribution in [2.75, 3.05) is 5.75 Å². The first kappa shape index (κ1) is 12.9. The van der Waals surface area contributed by atoms with Crippen LogP contribution in [0.25, 0.3) is 0 Å². The van der Waals surface area contributed by atoms with E-state index in [0.29, 0.717) is 0 Å². The third kappa shape index (κ3) is 3.71. The molecule has 0 saturated heterocycles. The predicted molar refractivity (Wildman–Crippen MR) is 69.8 cm³/mol. The number of hydrogen-bond donors (Lipinski definition) is 1. The molecule has 1 nitrogen and oxygen atoms in total. The largest absolute Gasteiger partial charge is 0.327 e. The number of hydrogen-bond acceptors (Lipinski definition) is 2. The Morgan fingerprint density at radius 1 is 1.40 bits per heavy atom. The molecule has 0 bridgehead atoms. The summed E-state index contributed by atoms with van der Waals surface area (Å²) in [7, 11) is 0. The molecule has 0 aliphatic rings. The SMILES string of the molecule is CCSc1cccc(Cl)c1CC(N)CC. The Labute approximate surface area is 101 Å². The summed E-state index contributed by atoms with van der Waals surface area (Å²) in [5.41, 5.74) is 7.18. The van der Waals surface area contributed by atoms with Gasteiger partial charge in [0.1, 0.15) is 0 Å². The smallest absolute Gasteiger partial charge is 0.0449 e. The maximum absolute atomic E-state index is 6.20. The number of benzene rings is 1. The lowest BCUT2D eigenvalue weighted by Gasteiger charge is -2.14. The maximum atomic E-state index is 6.20. The Morgan fingerprint density at radius 2 is 2.13 bits per heavy atom. The summed E-state index contributed by atoms with van der Waals surface area (Å²) in [5.74, 6) is 1.06. The zero-order valence-corrected chi connectivity index (χ0v) is 10.9. The summed E-state index contributed by atoms with van der Waals surface area (Å²) < 4.78 is 0. The third-order valence-corrected chi connectivity index (χ3v) is 3.70. The van der Waals surface area contributed by atoms with E-state index in [1.165, 1.54) is 10.5 Å². The van der Waals surface area contributed by atoms with Crippen LogP contribution in [0.3, 0.4) is 0 Å². The minimum absolute atomic E-state index is 0.209. The van der Waals surface area contributed by atoms with Crippen molar-refractivity contribution in [1.29, 1.82) is 0 Å². The van der Waals surface area contributed by atoms with Gasteiger partial charge in [-0.2, -0.15) is 0 Å². The Bertz CT molecular complexity index is 314. The van der Waals surface area contributed by atoms with Crippen molar-refractivity contribution in [3.8, 4) is 0 Å². The highest BCUT2D eigenvalue weighted by molar-refractivity contribution is 7.99. The van der Waals surface area contributed by atoms with Crippen molar-refractivity contribution in [2.45, 2.75) is 37.6 Å². The van der Waals surface area contributed by atoms with Crippen LogP contribution in [0.2, 0.25) is 5.02 Å². The van der Waals surface area contributed by atoms with Crippen LogP contribution in [0.5, 0.6) is 0 Å². The van der Waals surface area contributed by atoms with Gasteiger partial charge in [0.15, 0.2) is 0 Å². The van der Waals surface area contributed by atoms with Crippen molar-refractivity contribution in [1.82, 2.24) is 0 Å². The molecule has 1 aromatic rings. The summed E-state index contributed by atoms with van der Waals surface area (Å²) in [6.07, 6.45) is 1.86. The molecule has 3 heteroatoms.